The van der Waals surface area contributed by atoms with E-state index in [0.717, 1.165) is 18.3 Å². The molecule has 134 valence electrons. The Bertz CT molecular complexity index is 537. The number of aryl methyl sites for hydroxylation is 2. The number of aromatic hydroxyl groups is 1. The Balaban J connectivity index is 1.39. The molecule has 0 amide bonds. The van der Waals surface area contributed by atoms with E-state index >= 15 is 0 Å². The van der Waals surface area contributed by atoms with Crippen molar-refractivity contribution in [2.75, 3.05) is 0 Å². The Morgan fingerprint density at radius 2 is 1.42 bits per heavy atom. The molecule has 2 saturated carbocycles. The monoisotopic (exact) mass is 328 g/mol. The van der Waals surface area contributed by atoms with Crippen molar-refractivity contribution in [2.45, 2.75) is 97.3 Å². The van der Waals surface area contributed by atoms with E-state index in [1.54, 1.807) is 0 Å². The zero-order chi connectivity index (χ0) is 17.0. The molecule has 0 radical (unpaired) electrons. The van der Waals surface area contributed by atoms with E-state index in [9.17, 15) is 5.11 Å². The van der Waals surface area contributed by atoms with Gasteiger partial charge in [0.2, 0.25) is 0 Å². The highest BCUT2D eigenvalue weighted by Crippen LogP contribution is 2.52. The Morgan fingerprint density at radius 3 is 1.92 bits per heavy atom. The Hall–Kier alpha value is -0.980. The highest BCUT2D eigenvalue weighted by Gasteiger charge is 2.39. The third-order valence-electron chi connectivity index (χ3n) is 6.77. The van der Waals surface area contributed by atoms with Crippen molar-refractivity contribution in [3.63, 3.8) is 0 Å². The lowest BCUT2D eigenvalue weighted by molar-refractivity contribution is 0.426. The predicted molar refractivity (Wildman–Crippen MR) is 103 cm³/mol. The van der Waals surface area contributed by atoms with Gasteiger partial charge < -0.3 is 5.11 Å². The van der Waals surface area contributed by atoms with Gasteiger partial charge in [-0.3, -0.25) is 0 Å². The molecule has 0 heterocycles. The van der Waals surface area contributed by atoms with Gasteiger partial charge >= 0.3 is 0 Å². The molecule has 1 nitrogen and oxygen atoms in total. The maximum atomic E-state index is 10.0. The maximum absolute atomic E-state index is 10.0. The van der Waals surface area contributed by atoms with Crippen molar-refractivity contribution < 1.29 is 5.11 Å². The number of unbranched alkanes of at least 4 members (excludes halogenated alkanes) is 2. The van der Waals surface area contributed by atoms with Gasteiger partial charge in [-0.25, -0.2) is 0 Å². The van der Waals surface area contributed by atoms with E-state index in [2.05, 4.69) is 19.9 Å². The first kappa shape index (κ1) is 17.8. The van der Waals surface area contributed by atoms with Crippen molar-refractivity contribution in [3.8, 4) is 5.75 Å². The number of phenolic OH excluding ortho intramolecular Hbond substituents is 1. The second kappa shape index (κ2) is 7.50. The molecule has 2 fully saturated rings. The molecule has 2 aliphatic carbocycles. The van der Waals surface area contributed by atoms with Crippen molar-refractivity contribution in [1.29, 1.82) is 0 Å². The lowest BCUT2D eigenvalue weighted by atomic mass is 9.94. The molecular weight excluding hydrogens is 292 g/mol. The molecule has 1 aromatic carbocycles. The summed E-state index contributed by atoms with van der Waals surface area (Å²) in [7, 11) is 0. The van der Waals surface area contributed by atoms with Crippen molar-refractivity contribution in [2.24, 2.45) is 10.8 Å². The lowest BCUT2D eigenvalue weighted by Gasteiger charge is -2.12. The predicted octanol–water partition coefficient (Wildman–Crippen LogP) is 6.81. The highest BCUT2D eigenvalue weighted by atomic mass is 16.3. The van der Waals surface area contributed by atoms with E-state index in [1.807, 2.05) is 12.1 Å². The van der Waals surface area contributed by atoms with Gasteiger partial charge in [0.15, 0.2) is 0 Å². The van der Waals surface area contributed by atoms with Crippen LogP contribution >= 0.6 is 0 Å². The Labute approximate surface area is 148 Å². The molecule has 0 aromatic heterocycles. The summed E-state index contributed by atoms with van der Waals surface area (Å²) < 4.78 is 0. The summed E-state index contributed by atoms with van der Waals surface area (Å²) in [6.45, 7) is 4.77. The molecule has 0 atom stereocenters. The van der Waals surface area contributed by atoms with Gasteiger partial charge in [-0.2, -0.15) is 0 Å². The Kier molecular flexibility index (Phi) is 5.57. The molecule has 0 saturated heterocycles. The van der Waals surface area contributed by atoms with E-state index < -0.39 is 0 Å². The van der Waals surface area contributed by atoms with E-state index in [-0.39, 0.29) is 0 Å². The maximum Gasteiger partial charge on any atom is 0.116 e. The second-order valence-corrected chi connectivity index (χ2v) is 9.09. The van der Waals surface area contributed by atoms with E-state index in [0.29, 0.717) is 11.2 Å². The third kappa shape index (κ3) is 5.26. The summed E-state index contributed by atoms with van der Waals surface area (Å²) in [6, 6.07) is 6.28. The zero-order valence-corrected chi connectivity index (χ0v) is 15.9. The van der Waals surface area contributed by atoms with Crippen molar-refractivity contribution >= 4 is 0 Å². The van der Waals surface area contributed by atoms with Gasteiger partial charge in [0.1, 0.15) is 5.75 Å². The molecule has 2 aliphatic rings. The summed E-state index contributed by atoms with van der Waals surface area (Å²) in [5.74, 6) is 0.462. The molecule has 1 N–H and O–H groups in total. The standard InChI is InChI=1S/C23H36O/c1-3-23(14-15-23)11-7-5-9-20-16-19(17-21(24)18-20)8-4-6-10-22(2)12-13-22/h16-18,24H,3-15H2,1-2H3. The van der Waals surface area contributed by atoms with Gasteiger partial charge in [-0.05, 0) is 98.3 Å². The SMILES string of the molecule is CCC1(CCCCc2cc(O)cc(CCCCC3(C)CC3)c2)CC1. The van der Waals surface area contributed by atoms with Crippen LogP contribution in [0, 0.1) is 10.8 Å². The van der Waals surface area contributed by atoms with E-state index in [1.165, 1.54) is 81.8 Å². The molecule has 0 aliphatic heterocycles. The van der Waals surface area contributed by atoms with Crippen LogP contribution in [0.2, 0.25) is 0 Å². The minimum Gasteiger partial charge on any atom is -0.508 e. The fourth-order valence-electron chi connectivity index (χ4n) is 4.16. The fraction of sp³-hybridized carbons (Fsp3) is 0.739. The van der Waals surface area contributed by atoms with Crippen LogP contribution in [0.15, 0.2) is 18.2 Å². The van der Waals surface area contributed by atoms with Crippen molar-refractivity contribution in [3.05, 3.63) is 29.3 Å². The Morgan fingerprint density at radius 1 is 0.833 bits per heavy atom. The van der Waals surface area contributed by atoms with Crippen molar-refractivity contribution in [1.82, 2.24) is 0 Å². The number of phenols is 1. The third-order valence-corrected chi connectivity index (χ3v) is 6.77. The average molecular weight is 329 g/mol. The van der Waals surface area contributed by atoms with Gasteiger partial charge in [-0.1, -0.05) is 39.2 Å². The number of hydrogen-bond acceptors (Lipinski definition) is 1. The summed E-state index contributed by atoms with van der Waals surface area (Å²) in [5.41, 5.74) is 4.07. The number of benzene rings is 1. The molecule has 24 heavy (non-hydrogen) atoms. The quantitative estimate of drug-likeness (QED) is 0.442. The van der Waals surface area contributed by atoms with Crippen LogP contribution < -0.4 is 0 Å². The van der Waals surface area contributed by atoms with Crippen LogP contribution in [0.4, 0.5) is 0 Å². The topological polar surface area (TPSA) is 20.2 Å². The van der Waals surface area contributed by atoms with Gasteiger partial charge in [0.25, 0.3) is 0 Å². The molecule has 3 rings (SSSR count). The first-order chi connectivity index (χ1) is 11.5. The van der Waals surface area contributed by atoms with Crippen LogP contribution in [0.5, 0.6) is 5.75 Å². The summed E-state index contributed by atoms with van der Waals surface area (Å²) in [4.78, 5) is 0. The summed E-state index contributed by atoms with van der Waals surface area (Å²) >= 11 is 0. The fourth-order valence-corrected chi connectivity index (χ4v) is 4.16. The molecule has 0 spiro atoms. The lowest BCUT2D eigenvalue weighted by Crippen LogP contribution is -1.98. The van der Waals surface area contributed by atoms with Crippen LogP contribution in [0.1, 0.15) is 95.6 Å². The van der Waals surface area contributed by atoms with Crippen LogP contribution in [0.25, 0.3) is 0 Å². The minimum atomic E-state index is 0.462. The second-order valence-electron chi connectivity index (χ2n) is 9.09. The molecule has 0 unspecified atom stereocenters. The number of hydrogen-bond donors (Lipinski definition) is 1. The molecule has 0 bridgehead atoms. The largest absolute Gasteiger partial charge is 0.508 e. The summed E-state index contributed by atoms with van der Waals surface area (Å²) in [5, 5.41) is 10.0. The normalized spacial score (nSPS) is 20.1. The zero-order valence-electron chi connectivity index (χ0n) is 15.9. The van der Waals surface area contributed by atoms with Crippen LogP contribution in [-0.2, 0) is 12.8 Å². The van der Waals surface area contributed by atoms with Crippen LogP contribution in [-0.4, -0.2) is 5.11 Å². The first-order valence-electron chi connectivity index (χ1n) is 10.3. The molecular formula is C23H36O. The van der Waals surface area contributed by atoms with Gasteiger partial charge in [0.05, 0.1) is 0 Å². The summed E-state index contributed by atoms with van der Waals surface area (Å²) in [6.07, 6.45) is 17.4. The molecule has 1 heteroatoms. The smallest absolute Gasteiger partial charge is 0.116 e. The first-order valence-corrected chi connectivity index (χ1v) is 10.3. The average Bonchev–Trinajstić information content (AvgIpc) is 3.47. The van der Waals surface area contributed by atoms with Gasteiger partial charge in [0, 0.05) is 0 Å². The van der Waals surface area contributed by atoms with Crippen LogP contribution in [0.3, 0.4) is 0 Å². The van der Waals surface area contributed by atoms with E-state index in [4.69, 9.17) is 0 Å². The highest BCUT2D eigenvalue weighted by molar-refractivity contribution is 5.33. The minimum absolute atomic E-state index is 0.462. The number of rotatable bonds is 11. The molecule has 1 aromatic rings. The van der Waals surface area contributed by atoms with Gasteiger partial charge in [-0.15, -0.1) is 0 Å².